The van der Waals surface area contributed by atoms with E-state index < -0.39 is 0 Å². The lowest BCUT2D eigenvalue weighted by atomic mass is 10.1. The van der Waals surface area contributed by atoms with Crippen LogP contribution in [0.2, 0.25) is 5.02 Å². The van der Waals surface area contributed by atoms with Crippen LogP contribution in [-0.2, 0) is 6.54 Å². The van der Waals surface area contributed by atoms with Crippen LogP contribution in [0.15, 0.2) is 23.6 Å². The van der Waals surface area contributed by atoms with Gasteiger partial charge in [-0.3, -0.25) is 0 Å². The summed E-state index contributed by atoms with van der Waals surface area (Å²) in [4.78, 5) is 9.19. The molecule has 2 aromatic heterocycles. The molecule has 1 N–H and O–H groups in total. The normalized spacial score (nSPS) is 17.3. The zero-order valence-corrected chi connectivity index (χ0v) is 15.2. The number of halogens is 2. The summed E-state index contributed by atoms with van der Waals surface area (Å²) in [5.74, 6) is 1.36. The molecule has 130 valence electrons. The van der Waals surface area contributed by atoms with Gasteiger partial charge in [-0.05, 0) is 32.0 Å². The molecule has 0 bridgehead atoms. The zero-order valence-electron chi connectivity index (χ0n) is 13.7. The SMILES string of the molecule is Cc1nc(-c2nc([C@H]3CCNC3)n(Cc3c(F)cccc3Cl)n2)cs1. The highest BCUT2D eigenvalue weighted by Crippen LogP contribution is 2.27. The van der Waals surface area contributed by atoms with Gasteiger partial charge in [0.2, 0.25) is 5.82 Å². The topological polar surface area (TPSA) is 55.6 Å². The van der Waals surface area contributed by atoms with Gasteiger partial charge in [0, 0.05) is 28.4 Å². The number of nitrogens with zero attached hydrogens (tertiary/aromatic N) is 4. The van der Waals surface area contributed by atoms with Crippen molar-refractivity contribution in [1.29, 1.82) is 0 Å². The van der Waals surface area contributed by atoms with Crippen molar-refractivity contribution in [3.05, 3.63) is 50.8 Å². The Morgan fingerprint density at radius 2 is 2.28 bits per heavy atom. The first-order chi connectivity index (χ1) is 12.1. The molecule has 5 nitrogen and oxygen atoms in total. The van der Waals surface area contributed by atoms with E-state index in [1.54, 1.807) is 28.2 Å². The van der Waals surface area contributed by atoms with E-state index in [-0.39, 0.29) is 18.3 Å². The summed E-state index contributed by atoms with van der Waals surface area (Å²) in [5.41, 5.74) is 1.19. The highest BCUT2D eigenvalue weighted by molar-refractivity contribution is 7.09. The molecule has 1 aromatic carbocycles. The molecule has 0 aliphatic carbocycles. The van der Waals surface area contributed by atoms with E-state index in [1.807, 2.05) is 12.3 Å². The van der Waals surface area contributed by atoms with Crippen LogP contribution in [-0.4, -0.2) is 32.8 Å². The van der Waals surface area contributed by atoms with Crippen LogP contribution in [0, 0.1) is 12.7 Å². The molecule has 25 heavy (non-hydrogen) atoms. The van der Waals surface area contributed by atoms with Gasteiger partial charge < -0.3 is 5.32 Å². The molecule has 0 spiro atoms. The standard InChI is InChI=1S/C17H17ClFN5S/c1-10-21-15(9-25-10)16-22-17(11-5-6-20-7-11)24(23-16)8-12-13(18)3-2-4-14(12)19/h2-4,9,11,20H,5-8H2,1H3/t11-/m0/s1. The number of nitrogens with one attached hydrogen (secondary N) is 1. The summed E-state index contributed by atoms with van der Waals surface area (Å²) in [6, 6.07) is 4.71. The third kappa shape index (κ3) is 3.31. The maximum atomic E-state index is 14.2. The number of hydrogen-bond donors (Lipinski definition) is 1. The summed E-state index contributed by atoms with van der Waals surface area (Å²) in [5, 5.41) is 11.3. The number of hydrogen-bond acceptors (Lipinski definition) is 5. The zero-order chi connectivity index (χ0) is 17.4. The molecule has 1 aliphatic rings. The Hall–Kier alpha value is -1.83. The summed E-state index contributed by atoms with van der Waals surface area (Å²) in [6.45, 7) is 4.00. The Morgan fingerprint density at radius 3 is 2.96 bits per heavy atom. The lowest BCUT2D eigenvalue weighted by Crippen LogP contribution is -2.15. The van der Waals surface area contributed by atoms with Crippen LogP contribution in [0.25, 0.3) is 11.5 Å². The molecule has 0 saturated carbocycles. The van der Waals surface area contributed by atoms with Crippen LogP contribution >= 0.6 is 22.9 Å². The fraction of sp³-hybridized carbons (Fsp3) is 0.353. The van der Waals surface area contributed by atoms with Crippen molar-refractivity contribution in [3.8, 4) is 11.5 Å². The van der Waals surface area contributed by atoms with Gasteiger partial charge in [0.1, 0.15) is 17.3 Å². The van der Waals surface area contributed by atoms with Crippen LogP contribution in [0.5, 0.6) is 0 Å². The van der Waals surface area contributed by atoms with E-state index >= 15 is 0 Å². The second-order valence-electron chi connectivity index (χ2n) is 6.09. The number of aromatic nitrogens is 4. The quantitative estimate of drug-likeness (QED) is 0.754. The predicted molar refractivity (Wildman–Crippen MR) is 96.6 cm³/mol. The summed E-state index contributed by atoms with van der Waals surface area (Å²) in [7, 11) is 0. The van der Waals surface area contributed by atoms with E-state index in [1.165, 1.54) is 6.07 Å². The number of aryl methyl sites for hydroxylation is 1. The summed E-state index contributed by atoms with van der Waals surface area (Å²) < 4.78 is 16.0. The molecule has 1 aliphatic heterocycles. The molecule has 0 amide bonds. The second kappa shape index (κ2) is 6.82. The molecule has 0 unspecified atom stereocenters. The van der Waals surface area contributed by atoms with Crippen LogP contribution < -0.4 is 5.32 Å². The molecule has 8 heteroatoms. The number of rotatable bonds is 4. The molecule has 4 rings (SSSR count). The third-order valence-electron chi connectivity index (χ3n) is 4.34. The van der Waals surface area contributed by atoms with Crippen molar-refractivity contribution >= 4 is 22.9 Å². The van der Waals surface area contributed by atoms with Gasteiger partial charge in [-0.25, -0.2) is 19.0 Å². The van der Waals surface area contributed by atoms with E-state index in [0.717, 1.165) is 36.0 Å². The van der Waals surface area contributed by atoms with Crippen LogP contribution in [0.1, 0.15) is 28.7 Å². The highest BCUT2D eigenvalue weighted by atomic mass is 35.5. The van der Waals surface area contributed by atoms with Gasteiger partial charge in [-0.1, -0.05) is 17.7 Å². The molecule has 3 aromatic rings. The molecule has 1 fully saturated rings. The second-order valence-corrected chi connectivity index (χ2v) is 7.56. The number of thiazole rings is 1. The Bertz CT molecular complexity index is 880. The monoisotopic (exact) mass is 377 g/mol. The van der Waals surface area contributed by atoms with Crippen molar-refractivity contribution in [2.75, 3.05) is 13.1 Å². The van der Waals surface area contributed by atoms with Crippen molar-refractivity contribution in [1.82, 2.24) is 25.1 Å². The lowest BCUT2D eigenvalue weighted by Gasteiger charge is -2.12. The summed E-state index contributed by atoms with van der Waals surface area (Å²) in [6.07, 6.45) is 0.985. The van der Waals surface area contributed by atoms with Crippen molar-refractivity contribution in [2.45, 2.75) is 25.8 Å². The van der Waals surface area contributed by atoms with Gasteiger partial charge in [0.05, 0.1) is 11.6 Å². The van der Waals surface area contributed by atoms with Gasteiger partial charge in [0.15, 0.2) is 0 Å². The Kier molecular flexibility index (Phi) is 4.54. The number of benzene rings is 1. The Labute approximate surface area is 153 Å². The average molecular weight is 378 g/mol. The van der Waals surface area contributed by atoms with Crippen LogP contribution in [0.3, 0.4) is 0 Å². The molecule has 3 heterocycles. The average Bonchev–Trinajstić information content (AvgIpc) is 3.31. The van der Waals surface area contributed by atoms with Gasteiger partial charge in [-0.2, -0.15) is 0 Å². The van der Waals surface area contributed by atoms with Crippen molar-refractivity contribution in [2.24, 2.45) is 0 Å². The molecule has 0 radical (unpaired) electrons. The van der Waals surface area contributed by atoms with Gasteiger partial charge in [-0.15, -0.1) is 16.4 Å². The maximum absolute atomic E-state index is 14.2. The first-order valence-corrected chi connectivity index (χ1v) is 9.38. The lowest BCUT2D eigenvalue weighted by molar-refractivity contribution is 0.553. The van der Waals surface area contributed by atoms with E-state index in [9.17, 15) is 4.39 Å². The smallest absolute Gasteiger partial charge is 0.200 e. The Morgan fingerprint density at radius 1 is 1.40 bits per heavy atom. The fourth-order valence-corrected chi connectivity index (χ4v) is 3.87. The van der Waals surface area contributed by atoms with Crippen LogP contribution in [0.4, 0.5) is 4.39 Å². The third-order valence-corrected chi connectivity index (χ3v) is 5.47. The minimum Gasteiger partial charge on any atom is -0.316 e. The first kappa shape index (κ1) is 16.6. The van der Waals surface area contributed by atoms with E-state index in [0.29, 0.717) is 16.4 Å². The molecule has 1 saturated heterocycles. The highest BCUT2D eigenvalue weighted by Gasteiger charge is 2.25. The van der Waals surface area contributed by atoms with Gasteiger partial charge >= 0.3 is 0 Å². The molecule has 1 atom stereocenters. The fourth-order valence-electron chi connectivity index (χ4n) is 3.06. The largest absolute Gasteiger partial charge is 0.316 e. The van der Waals surface area contributed by atoms with Gasteiger partial charge in [0.25, 0.3) is 0 Å². The molecular formula is C17H17ClFN5S. The van der Waals surface area contributed by atoms with Crippen molar-refractivity contribution < 1.29 is 4.39 Å². The maximum Gasteiger partial charge on any atom is 0.200 e. The predicted octanol–water partition coefficient (Wildman–Crippen LogP) is 3.63. The Balaban J connectivity index is 1.75. The minimum atomic E-state index is -0.329. The minimum absolute atomic E-state index is 0.256. The summed E-state index contributed by atoms with van der Waals surface area (Å²) >= 11 is 7.76. The first-order valence-electron chi connectivity index (χ1n) is 8.12. The van der Waals surface area contributed by atoms with Crippen molar-refractivity contribution in [3.63, 3.8) is 0 Å². The van der Waals surface area contributed by atoms with E-state index in [4.69, 9.17) is 16.6 Å². The molecular weight excluding hydrogens is 361 g/mol. The van der Waals surface area contributed by atoms with E-state index in [2.05, 4.69) is 15.4 Å².